The fourth-order valence-electron chi connectivity index (χ4n) is 2.06. The minimum atomic E-state index is -3.02. The van der Waals surface area contributed by atoms with Crippen LogP contribution >= 0.6 is 11.6 Å². The number of hydrogen-bond donors (Lipinski definition) is 1. The van der Waals surface area contributed by atoms with Crippen LogP contribution in [0.3, 0.4) is 0 Å². The summed E-state index contributed by atoms with van der Waals surface area (Å²) in [4.78, 5) is 12.0. The highest BCUT2D eigenvalue weighted by atomic mass is 35.5. The van der Waals surface area contributed by atoms with Crippen LogP contribution in [0, 0.1) is 0 Å². The van der Waals surface area contributed by atoms with E-state index in [1.54, 1.807) is 31.2 Å². The molecule has 0 bridgehead atoms. The van der Waals surface area contributed by atoms with Gasteiger partial charge in [0, 0.05) is 10.6 Å². The quantitative estimate of drug-likeness (QED) is 0.899. The monoisotopic (exact) mass is 287 g/mol. The van der Waals surface area contributed by atoms with E-state index < -0.39 is 15.4 Å². The third-order valence-electron chi connectivity index (χ3n) is 3.03. The molecule has 1 aliphatic heterocycles. The van der Waals surface area contributed by atoms with Crippen molar-refractivity contribution in [1.82, 2.24) is 5.32 Å². The normalized spacial score (nSPS) is 25.9. The van der Waals surface area contributed by atoms with Gasteiger partial charge in [0.15, 0.2) is 9.84 Å². The van der Waals surface area contributed by atoms with Crippen LogP contribution in [0.4, 0.5) is 0 Å². The van der Waals surface area contributed by atoms with Gasteiger partial charge in [-0.15, -0.1) is 0 Å². The first-order valence-electron chi connectivity index (χ1n) is 5.58. The third kappa shape index (κ3) is 3.03. The number of carbonyl (C=O) groups excluding carboxylic acids is 1. The zero-order valence-corrected chi connectivity index (χ0v) is 11.5. The molecule has 1 N–H and O–H groups in total. The molecule has 4 nitrogen and oxygen atoms in total. The number of carbonyl (C=O) groups is 1. The first-order valence-corrected chi connectivity index (χ1v) is 7.78. The number of sulfone groups is 1. The van der Waals surface area contributed by atoms with Gasteiger partial charge in [0.2, 0.25) is 0 Å². The molecule has 1 aromatic rings. The van der Waals surface area contributed by atoms with Gasteiger partial charge in [-0.2, -0.15) is 0 Å². The molecule has 98 valence electrons. The number of halogens is 1. The van der Waals surface area contributed by atoms with Crippen LogP contribution in [0.25, 0.3) is 0 Å². The van der Waals surface area contributed by atoms with E-state index in [9.17, 15) is 13.2 Å². The predicted molar refractivity (Wildman–Crippen MR) is 70.6 cm³/mol. The average molecular weight is 288 g/mol. The van der Waals surface area contributed by atoms with Crippen LogP contribution < -0.4 is 5.32 Å². The van der Waals surface area contributed by atoms with Crippen molar-refractivity contribution in [3.63, 3.8) is 0 Å². The second-order valence-corrected chi connectivity index (χ2v) is 7.48. The number of benzene rings is 1. The van der Waals surface area contributed by atoms with E-state index in [0.717, 1.165) is 0 Å². The number of hydrogen-bond acceptors (Lipinski definition) is 3. The van der Waals surface area contributed by atoms with Crippen molar-refractivity contribution in [2.75, 3.05) is 11.5 Å². The lowest BCUT2D eigenvalue weighted by Crippen LogP contribution is -2.46. The molecule has 1 heterocycles. The van der Waals surface area contributed by atoms with Gasteiger partial charge in [-0.05, 0) is 37.6 Å². The molecule has 0 aromatic heterocycles. The van der Waals surface area contributed by atoms with Crippen LogP contribution in [0.15, 0.2) is 24.3 Å². The highest BCUT2D eigenvalue weighted by Crippen LogP contribution is 2.23. The van der Waals surface area contributed by atoms with Crippen molar-refractivity contribution in [2.24, 2.45) is 0 Å². The molecule has 1 atom stereocenters. The Morgan fingerprint density at radius 2 is 1.94 bits per heavy atom. The van der Waals surface area contributed by atoms with E-state index in [0.29, 0.717) is 17.0 Å². The van der Waals surface area contributed by atoms with E-state index in [1.807, 2.05) is 0 Å². The standard InChI is InChI=1S/C12H14ClNO3S/c1-12(6-7-18(16,17)8-12)14-11(15)9-2-4-10(13)5-3-9/h2-5H,6-8H2,1H3,(H,14,15)/t12-/m1/s1. The summed E-state index contributed by atoms with van der Waals surface area (Å²) in [5.41, 5.74) is -0.194. The third-order valence-corrected chi connectivity index (χ3v) is 5.18. The molecule has 0 radical (unpaired) electrons. The van der Waals surface area contributed by atoms with Crippen molar-refractivity contribution in [3.8, 4) is 0 Å². The van der Waals surface area contributed by atoms with E-state index in [2.05, 4.69) is 5.32 Å². The highest BCUT2D eigenvalue weighted by Gasteiger charge is 2.39. The molecule has 6 heteroatoms. The van der Waals surface area contributed by atoms with E-state index >= 15 is 0 Å². The first kappa shape index (κ1) is 13.4. The van der Waals surface area contributed by atoms with Gasteiger partial charge in [-0.3, -0.25) is 4.79 Å². The number of nitrogens with one attached hydrogen (secondary N) is 1. The molecular formula is C12H14ClNO3S. The van der Waals surface area contributed by atoms with E-state index in [1.165, 1.54) is 0 Å². The second kappa shape index (κ2) is 4.55. The molecule has 1 amide bonds. The molecule has 0 spiro atoms. The SMILES string of the molecule is C[C@@]1(NC(=O)c2ccc(Cl)cc2)CCS(=O)(=O)C1. The molecule has 2 rings (SSSR count). The Hall–Kier alpha value is -1.07. The Labute approximate surface area is 111 Å². The molecular weight excluding hydrogens is 274 g/mol. The maximum absolute atomic E-state index is 12.0. The lowest BCUT2D eigenvalue weighted by molar-refractivity contribution is 0.0915. The summed E-state index contributed by atoms with van der Waals surface area (Å²) in [6.07, 6.45) is 0.453. The fraction of sp³-hybridized carbons (Fsp3) is 0.417. The zero-order chi connectivity index (χ0) is 13.4. The van der Waals surface area contributed by atoms with Gasteiger partial charge in [-0.1, -0.05) is 11.6 Å². The molecule has 1 aliphatic rings. The summed E-state index contributed by atoms with van der Waals surface area (Å²) in [7, 11) is -3.02. The topological polar surface area (TPSA) is 63.2 Å². The molecule has 0 unspecified atom stereocenters. The lowest BCUT2D eigenvalue weighted by atomic mass is 10.0. The van der Waals surface area contributed by atoms with Crippen molar-refractivity contribution in [3.05, 3.63) is 34.9 Å². The Bertz CT molecular complexity index is 567. The van der Waals surface area contributed by atoms with Gasteiger partial charge < -0.3 is 5.32 Å². The summed E-state index contributed by atoms with van der Waals surface area (Å²) >= 11 is 5.74. The summed E-state index contributed by atoms with van der Waals surface area (Å²) < 4.78 is 22.9. The van der Waals surface area contributed by atoms with Gasteiger partial charge in [0.1, 0.15) is 0 Å². The van der Waals surface area contributed by atoms with Crippen molar-refractivity contribution < 1.29 is 13.2 Å². The van der Waals surface area contributed by atoms with Gasteiger partial charge >= 0.3 is 0 Å². The summed E-state index contributed by atoms with van der Waals surface area (Å²) in [5.74, 6) is -0.143. The molecule has 0 saturated carbocycles. The van der Waals surface area contributed by atoms with Crippen molar-refractivity contribution in [2.45, 2.75) is 18.9 Å². The van der Waals surface area contributed by atoms with Crippen LogP contribution in [0.1, 0.15) is 23.7 Å². The van der Waals surface area contributed by atoms with Crippen molar-refractivity contribution in [1.29, 1.82) is 0 Å². The van der Waals surface area contributed by atoms with Gasteiger partial charge in [0.05, 0.1) is 17.0 Å². The minimum Gasteiger partial charge on any atom is -0.346 e. The predicted octanol–water partition coefficient (Wildman–Crippen LogP) is 1.65. The smallest absolute Gasteiger partial charge is 0.251 e. The van der Waals surface area contributed by atoms with Crippen LogP contribution in [-0.2, 0) is 9.84 Å². The maximum atomic E-state index is 12.0. The van der Waals surface area contributed by atoms with E-state index in [4.69, 9.17) is 11.6 Å². The summed E-state index contributed by atoms with van der Waals surface area (Å²) in [6, 6.07) is 6.49. The van der Waals surface area contributed by atoms with Crippen molar-refractivity contribution >= 4 is 27.3 Å². The van der Waals surface area contributed by atoms with Gasteiger partial charge in [-0.25, -0.2) is 8.42 Å². The Kier molecular flexibility index (Phi) is 3.38. The number of rotatable bonds is 2. The molecule has 1 saturated heterocycles. The van der Waals surface area contributed by atoms with E-state index in [-0.39, 0.29) is 17.4 Å². The lowest BCUT2D eigenvalue weighted by Gasteiger charge is -2.23. The van der Waals surface area contributed by atoms with Crippen LogP contribution in [-0.4, -0.2) is 31.4 Å². The fourth-order valence-corrected chi connectivity index (χ4v) is 4.28. The number of amides is 1. The maximum Gasteiger partial charge on any atom is 0.251 e. The first-order chi connectivity index (χ1) is 8.30. The average Bonchev–Trinajstić information content (AvgIpc) is 2.53. The Morgan fingerprint density at radius 1 is 1.33 bits per heavy atom. The zero-order valence-electron chi connectivity index (χ0n) is 9.94. The van der Waals surface area contributed by atoms with Crippen LogP contribution in [0.5, 0.6) is 0 Å². The van der Waals surface area contributed by atoms with Gasteiger partial charge in [0.25, 0.3) is 5.91 Å². The second-order valence-electron chi connectivity index (χ2n) is 4.86. The highest BCUT2D eigenvalue weighted by molar-refractivity contribution is 7.91. The molecule has 18 heavy (non-hydrogen) atoms. The largest absolute Gasteiger partial charge is 0.346 e. The minimum absolute atomic E-state index is 0.000665. The molecule has 1 aromatic carbocycles. The Balaban J connectivity index is 2.10. The summed E-state index contributed by atoms with van der Waals surface area (Å²) in [5, 5.41) is 3.34. The molecule has 1 fully saturated rings. The summed E-state index contributed by atoms with van der Waals surface area (Å²) in [6.45, 7) is 1.76. The van der Waals surface area contributed by atoms with Crippen LogP contribution in [0.2, 0.25) is 5.02 Å². The molecule has 0 aliphatic carbocycles. The Morgan fingerprint density at radius 3 is 2.44 bits per heavy atom.